The van der Waals surface area contributed by atoms with Gasteiger partial charge in [-0.05, 0) is 25.5 Å². The molecule has 10 heteroatoms. The second-order valence-electron chi connectivity index (χ2n) is 6.88. The normalized spacial score (nSPS) is 10.6. The molecular formula is C20H24N6O3S. The van der Waals surface area contributed by atoms with Gasteiger partial charge in [-0.3, -0.25) is 14.3 Å². The molecule has 2 amide bonds. The summed E-state index contributed by atoms with van der Waals surface area (Å²) in [6.45, 7) is 3.98. The fourth-order valence-corrected chi connectivity index (χ4v) is 3.48. The first kappa shape index (κ1) is 21.3. The van der Waals surface area contributed by atoms with Crippen molar-refractivity contribution in [3.05, 3.63) is 46.6 Å². The predicted molar refractivity (Wildman–Crippen MR) is 117 cm³/mol. The molecule has 0 radical (unpaired) electrons. The fourth-order valence-electron chi connectivity index (χ4n) is 2.76. The molecule has 3 rings (SSSR count). The Morgan fingerprint density at radius 1 is 1.23 bits per heavy atom. The minimum atomic E-state index is -0.248. The molecule has 0 saturated heterocycles. The van der Waals surface area contributed by atoms with Crippen molar-refractivity contribution in [3.63, 3.8) is 0 Å². The van der Waals surface area contributed by atoms with Crippen LogP contribution in [0.4, 0.5) is 16.6 Å². The summed E-state index contributed by atoms with van der Waals surface area (Å²) < 4.78 is 6.88. The number of carbonyl (C=O) groups excluding carboxylic acids is 2. The van der Waals surface area contributed by atoms with Gasteiger partial charge in [-0.15, -0.1) is 0 Å². The molecule has 158 valence electrons. The van der Waals surface area contributed by atoms with Gasteiger partial charge in [0.25, 0.3) is 5.91 Å². The molecule has 1 aromatic carbocycles. The number of carbonyl (C=O) groups is 2. The van der Waals surface area contributed by atoms with Crippen molar-refractivity contribution < 1.29 is 14.3 Å². The summed E-state index contributed by atoms with van der Waals surface area (Å²) >= 11 is 1.21. The molecule has 0 aliphatic heterocycles. The molecule has 0 aliphatic rings. The summed E-state index contributed by atoms with van der Waals surface area (Å²) in [5.74, 6) is 0.955. The lowest BCUT2D eigenvalue weighted by atomic mass is 10.1. The number of nitrogens with one attached hydrogen (secondary N) is 2. The van der Waals surface area contributed by atoms with Crippen LogP contribution in [-0.2, 0) is 11.3 Å². The number of rotatable bonds is 7. The highest BCUT2D eigenvalue weighted by atomic mass is 32.1. The second kappa shape index (κ2) is 8.95. The van der Waals surface area contributed by atoms with Gasteiger partial charge < -0.3 is 20.3 Å². The Morgan fingerprint density at radius 2 is 2.00 bits per heavy atom. The van der Waals surface area contributed by atoms with Crippen LogP contribution < -0.4 is 15.4 Å². The highest BCUT2D eigenvalue weighted by Crippen LogP contribution is 2.30. The molecule has 0 unspecified atom stereocenters. The number of hydrogen-bond donors (Lipinski definition) is 2. The number of thiazole rings is 1. The van der Waals surface area contributed by atoms with Crippen LogP contribution in [0.5, 0.6) is 5.75 Å². The Balaban J connectivity index is 1.68. The van der Waals surface area contributed by atoms with Gasteiger partial charge in [0.2, 0.25) is 5.91 Å². The zero-order chi connectivity index (χ0) is 21.8. The van der Waals surface area contributed by atoms with Crippen molar-refractivity contribution in [3.8, 4) is 5.75 Å². The smallest absolute Gasteiger partial charge is 0.267 e. The Bertz CT molecular complexity index is 1070. The van der Waals surface area contributed by atoms with Crippen LogP contribution in [0.2, 0.25) is 0 Å². The quantitative estimate of drug-likeness (QED) is 0.600. The van der Waals surface area contributed by atoms with Crippen LogP contribution >= 0.6 is 11.3 Å². The van der Waals surface area contributed by atoms with Gasteiger partial charge in [0.05, 0.1) is 19.0 Å². The van der Waals surface area contributed by atoms with Gasteiger partial charge in [0.1, 0.15) is 17.2 Å². The first-order valence-electron chi connectivity index (χ1n) is 9.20. The molecular weight excluding hydrogens is 404 g/mol. The first-order chi connectivity index (χ1) is 14.3. The highest BCUT2D eigenvalue weighted by Gasteiger charge is 2.16. The lowest BCUT2D eigenvalue weighted by Gasteiger charge is -2.14. The third-order valence-electron chi connectivity index (χ3n) is 4.48. The van der Waals surface area contributed by atoms with Crippen molar-refractivity contribution in [2.24, 2.45) is 0 Å². The number of methoxy groups -OCH3 is 1. The molecule has 2 N–H and O–H groups in total. The number of amides is 2. The molecule has 0 atom stereocenters. The molecule has 9 nitrogen and oxygen atoms in total. The summed E-state index contributed by atoms with van der Waals surface area (Å²) in [5, 5.41) is 10.8. The molecule has 0 bridgehead atoms. The molecule has 3 aromatic rings. The van der Waals surface area contributed by atoms with Crippen LogP contribution in [0.3, 0.4) is 0 Å². The summed E-state index contributed by atoms with van der Waals surface area (Å²) in [6.07, 6.45) is 3.22. The number of hydrogen-bond acceptors (Lipinski definition) is 7. The van der Waals surface area contributed by atoms with E-state index < -0.39 is 0 Å². The number of nitrogens with zero attached hydrogens (tertiary/aromatic N) is 4. The lowest BCUT2D eigenvalue weighted by Crippen LogP contribution is -2.26. The molecule has 2 heterocycles. The summed E-state index contributed by atoms with van der Waals surface area (Å²) in [4.78, 5) is 30.7. The van der Waals surface area contributed by atoms with Crippen LogP contribution in [0.25, 0.3) is 0 Å². The lowest BCUT2D eigenvalue weighted by molar-refractivity contribution is -0.129. The van der Waals surface area contributed by atoms with Crippen molar-refractivity contribution in [1.29, 1.82) is 0 Å². The van der Waals surface area contributed by atoms with E-state index >= 15 is 0 Å². The van der Waals surface area contributed by atoms with Crippen LogP contribution in [0, 0.1) is 13.8 Å². The summed E-state index contributed by atoms with van der Waals surface area (Å²) in [6, 6.07) is 5.52. The zero-order valence-electron chi connectivity index (χ0n) is 17.5. The van der Waals surface area contributed by atoms with Crippen LogP contribution in [-0.4, -0.2) is 52.7 Å². The number of ether oxygens (including phenoxy) is 1. The number of benzene rings is 1. The SMILES string of the molecule is COc1ccc(C)c(NC(=O)c2cnc(Nc3ccn(CC(=O)N(C)C)n3)s2)c1C. The van der Waals surface area contributed by atoms with E-state index in [4.69, 9.17) is 4.74 Å². The Labute approximate surface area is 178 Å². The van der Waals surface area contributed by atoms with Gasteiger partial charge in [0, 0.05) is 31.9 Å². The molecule has 0 saturated carbocycles. The summed E-state index contributed by atoms with van der Waals surface area (Å²) in [7, 11) is 4.99. The maximum Gasteiger partial charge on any atom is 0.267 e. The average Bonchev–Trinajstić information content (AvgIpc) is 3.35. The van der Waals surface area contributed by atoms with Crippen molar-refractivity contribution >= 4 is 39.8 Å². The van der Waals surface area contributed by atoms with E-state index in [0.29, 0.717) is 21.6 Å². The maximum atomic E-state index is 12.7. The van der Waals surface area contributed by atoms with E-state index in [0.717, 1.165) is 16.8 Å². The maximum absolute atomic E-state index is 12.7. The molecule has 0 aliphatic carbocycles. The monoisotopic (exact) mass is 428 g/mol. The molecule has 2 aromatic heterocycles. The molecule has 0 spiro atoms. The molecule has 0 fully saturated rings. The molecule has 30 heavy (non-hydrogen) atoms. The van der Waals surface area contributed by atoms with Crippen LogP contribution in [0.1, 0.15) is 20.8 Å². The van der Waals surface area contributed by atoms with E-state index in [2.05, 4.69) is 20.7 Å². The minimum absolute atomic E-state index is 0.0546. The Kier molecular flexibility index (Phi) is 6.36. The number of aryl methyl sites for hydroxylation is 1. The van der Waals surface area contributed by atoms with Gasteiger partial charge in [-0.25, -0.2) is 4.98 Å². The van der Waals surface area contributed by atoms with Gasteiger partial charge >= 0.3 is 0 Å². The standard InChI is InChI=1S/C20H24N6O3S/c1-12-6-7-14(29-5)13(2)18(12)23-19(28)15-10-21-20(30-15)22-16-8-9-26(24-16)11-17(27)25(3)4/h6-10H,11H2,1-5H3,(H,23,28)(H,21,22,24). The Morgan fingerprint density at radius 3 is 2.70 bits per heavy atom. The van der Waals surface area contributed by atoms with E-state index in [1.54, 1.807) is 38.2 Å². The fraction of sp³-hybridized carbons (Fsp3) is 0.300. The van der Waals surface area contributed by atoms with Crippen LogP contribution in [0.15, 0.2) is 30.6 Å². The Hall–Kier alpha value is -3.40. The van der Waals surface area contributed by atoms with Gasteiger partial charge in [-0.2, -0.15) is 5.10 Å². The largest absolute Gasteiger partial charge is 0.496 e. The third kappa shape index (κ3) is 4.77. The number of anilines is 3. The van der Waals surface area contributed by atoms with Crippen molar-refractivity contribution in [1.82, 2.24) is 19.7 Å². The van der Waals surface area contributed by atoms with Crippen molar-refractivity contribution in [2.45, 2.75) is 20.4 Å². The van der Waals surface area contributed by atoms with E-state index in [-0.39, 0.29) is 18.4 Å². The highest BCUT2D eigenvalue weighted by molar-refractivity contribution is 7.17. The summed E-state index contributed by atoms with van der Waals surface area (Å²) in [5.41, 5.74) is 2.54. The van der Waals surface area contributed by atoms with E-state index in [1.807, 2.05) is 26.0 Å². The first-order valence-corrected chi connectivity index (χ1v) is 10.0. The zero-order valence-corrected chi connectivity index (χ0v) is 18.3. The average molecular weight is 429 g/mol. The third-order valence-corrected chi connectivity index (χ3v) is 5.39. The second-order valence-corrected chi connectivity index (χ2v) is 7.91. The van der Waals surface area contributed by atoms with E-state index in [1.165, 1.54) is 22.4 Å². The van der Waals surface area contributed by atoms with Gasteiger partial charge in [0.15, 0.2) is 10.9 Å². The topological polar surface area (TPSA) is 101 Å². The van der Waals surface area contributed by atoms with Crippen molar-refractivity contribution in [2.75, 3.05) is 31.8 Å². The van der Waals surface area contributed by atoms with Gasteiger partial charge in [-0.1, -0.05) is 17.4 Å². The number of aromatic nitrogens is 3. The number of likely N-dealkylation sites (N-methyl/N-ethyl adjacent to an activating group) is 1. The van der Waals surface area contributed by atoms with E-state index in [9.17, 15) is 9.59 Å². The predicted octanol–water partition coefficient (Wildman–Crippen LogP) is 3.05. The minimum Gasteiger partial charge on any atom is -0.496 e.